The van der Waals surface area contributed by atoms with Crippen LogP contribution in [0.15, 0.2) is 60.1 Å². The second kappa shape index (κ2) is 7.72. The highest BCUT2D eigenvalue weighted by Gasteiger charge is 2.11. The van der Waals surface area contributed by atoms with Crippen molar-refractivity contribution in [1.82, 2.24) is 9.38 Å². The normalized spacial score (nSPS) is 11.0. The Bertz CT molecular complexity index is 1100. The lowest BCUT2D eigenvalue weighted by molar-refractivity contribution is -0.116. The Morgan fingerprint density at radius 3 is 2.70 bits per heavy atom. The van der Waals surface area contributed by atoms with Gasteiger partial charge in [0.15, 0.2) is 4.96 Å². The number of nitrogens with one attached hydrogen (secondary N) is 1. The van der Waals surface area contributed by atoms with Gasteiger partial charge < -0.3 is 5.32 Å². The van der Waals surface area contributed by atoms with Gasteiger partial charge >= 0.3 is 0 Å². The molecule has 2 aromatic carbocycles. The molecule has 0 fully saturated rings. The largest absolute Gasteiger partial charge is 0.326 e. The maximum Gasteiger partial charge on any atom is 0.224 e. The third-order valence-corrected chi connectivity index (χ3v) is 5.52. The maximum atomic E-state index is 12.2. The molecule has 0 bridgehead atoms. The van der Waals surface area contributed by atoms with Crippen molar-refractivity contribution in [3.63, 3.8) is 0 Å². The predicted molar refractivity (Wildman–Crippen MR) is 112 cm³/mol. The molecule has 136 valence electrons. The van der Waals surface area contributed by atoms with E-state index in [9.17, 15) is 4.79 Å². The molecule has 0 atom stereocenters. The number of rotatable bonds is 5. The van der Waals surface area contributed by atoms with Crippen LogP contribution < -0.4 is 5.32 Å². The summed E-state index contributed by atoms with van der Waals surface area (Å²) in [6, 6.07) is 14.7. The van der Waals surface area contributed by atoms with E-state index in [-0.39, 0.29) is 5.91 Å². The monoisotopic (exact) mass is 415 g/mol. The number of anilines is 1. The molecule has 4 aromatic rings. The summed E-state index contributed by atoms with van der Waals surface area (Å²) in [5.74, 6) is -0.0466. The number of aryl methyl sites for hydroxylation is 1. The van der Waals surface area contributed by atoms with E-state index in [0.717, 1.165) is 21.9 Å². The minimum Gasteiger partial charge on any atom is -0.326 e. The van der Waals surface area contributed by atoms with Gasteiger partial charge in [0.25, 0.3) is 0 Å². The molecule has 0 aliphatic carbocycles. The highest BCUT2D eigenvalue weighted by molar-refractivity contribution is 7.15. The molecular weight excluding hydrogens is 401 g/mol. The molecule has 0 spiro atoms. The number of hydrogen-bond donors (Lipinski definition) is 1. The first-order valence-corrected chi connectivity index (χ1v) is 9.99. The zero-order chi connectivity index (χ0) is 18.8. The Morgan fingerprint density at radius 2 is 1.93 bits per heavy atom. The van der Waals surface area contributed by atoms with Crippen LogP contribution in [0.1, 0.15) is 12.1 Å². The van der Waals surface area contributed by atoms with Crippen LogP contribution in [0.25, 0.3) is 16.2 Å². The van der Waals surface area contributed by atoms with E-state index in [1.807, 2.05) is 52.4 Å². The van der Waals surface area contributed by atoms with Crippen LogP contribution in [0.4, 0.5) is 5.69 Å². The van der Waals surface area contributed by atoms with Crippen molar-refractivity contribution in [3.05, 3.63) is 75.8 Å². The van der Waals surface area contributed by atoms with Crippen molar-refractivity contribution < 1.29 is 4.79 Å². The molecule has 1 amide bonds. The fourth-order valence-electron chi connectivity index (χ4n) is 2.80. The SMILES string of the molecule is O=C(CCc1csc2nc(-c3ccc(Cl)cc3)cn12)Nc1cccc(Cl)c1. The van der Waals surface area contributed by atoms with E-state index in [0.29, 0.717) is 28.6 Å². The number of carbonyl (C=O) groups is 1. The molecule has 2 aromatic heterocycles. The van der Waals surface area contributed by atoms with Crippen molar-refractivity contribution in [2.75, 3.05) is 5.32 Å². The molecule has 0 radical (unpaired) electrons. The minimum absolute atomic E-state index is 0.0466. The van der Waals surface area contributed by atoms with E-state index in [1.54, 1.807) is 23.5 Å². The molecule has 7 heteroatoms. The van der Waals surface area contributed by atoms with Gasteiger partial charge in [-0.25, -0.2) is 4.98 Å². The highest BCUT2D eigenvalue weighted by Crippen LogP contribution is 2.25. The van der Waals surface area contributed by atoms with Crippen LogP contribution in [0.2, 0.25) is 10.0 Å². The first-order valence-electron chi connectivity index (χ1n) is 8.35. The summed E-state index contributed by atoms with van der Waals surface area (Å²) in [5.41, 5.74) is 3.67. The van der Waals surface area contributed by atoms with Crippen LogP contribution in [0, 0.1) is 0 Å². The molecule has 4 nitrogen and oxygen atoms in total. The van der Waals surface area contributed by atoms with E-state index in [4.69, 9.17) is 23.2 Å². The first kappa shape index (κ1) is 18.0. The Hall–Kier alpha value is -2.34. The number of fused-ring (bicyclic) bond motifs is 1. The molecule has 0 saturated heterocycles. The van der Waals surface area contributed by atoms with Crippen LogP contribution in [-0.4, -0.2) is 15.3 Å². The lowest BCUT2D eigenvalue weighted by atomic mass is 10.2. The summed E-state index contributed by atoms with van der Waals surface area (Å²) in [4.78, 5) is 17.8. The Morgan fingerprint density at radius 1 is 1.11 bits per heavy atom. The number of imidazole rings is 1. The zero-order valence-corrected chi connectivity index (χ0v) is 16.5. The average molecular weight is 416 g/mol. The van der Waals surface area contributed by atoms with E-state index in [2.05, 4.69) is 10.3 Å². The van der Waals surface area contributed by atoms with Crippen LogP contribution in [-0.2, 0) is 11.2 Å². The Balaban J connectivity index is 1.46. The number of carbonyl (C=O) groups excluding carboxylic acids is 1. The van der Waals surface area contributed by atoms with Crippen molar-refractivity contribution in [1.29, 1.82) is 0 Å². The second-order valence-electron chi connectivity index (χ2n) is 6.07. The van der Waals surface area contributed by atoms with Gasteiger partial charge in [0.2, 0.25) is 5.91 Å². The van der Waals surface area contributed by atoms with Gasteiger partial charge in [-0.2, -0.15) is 0 Å². The molecule has 0 aliphatic heterocycles. The van der Waals surface area contributed by atoms with Gasteiger partial charge in [-0.05, 0) is 36.8 Å². The number of halogens is 2. The third kappa shape index (κ3) is 4.16. The smallest absolute Gasteiger partial charge is 0.224 e. The van der Waals surface area contributed by atoms with E-state index >= 15 is 0 Å². The van der Waals surface area contributed by atoms with Gasteiger partial charge in [-0.1, -0.05) is 41.4 Å². The van der Waals surface area contributed by atoms with Gasteiger partial charge in [-0.15, -0.1) is 11.3 Å². The number of benzene rings is 2. The minimum atomic E-state index is -0.0466. The molecular formula is C20H15Cl2N3OS. The van der Waals surface area contributed by atoms with Crippen molar-refractivity contribution in [3.8, 4) is 11.3 Å². The van der Waals surface area contributed by atoms with Crippen LogP contribution >= 0.6 is 34.5 Å². The first-order chi connectivity index (χ1) is 13.1. The summed E-state index contributed by atoms with van der Waals surface area (Å²) in [6.45, 7) is 0. The van der Waals surface area contributed by atoms with Crippen LogP contribution in [0.3, 0.4) is 0 Å². The number of nitrogens with zero attached hydrogens (tertiary/aromatic N) is 2. The topological polar surface area (TPSA) is 46.4 Å². The summed E-state index contributed by atoms with van der Waals surface area (Å²) >= 11 is 13.5. The van der Waals surface area contributed by atoms with Crippen LogP contribution in [0.5, 0.6) is 0 Å². The zero-order valence-electron chi connectivity index (χ0n) is 14.2. The summed E-state index contributed by atoms with van der Waals surface area (Å²) in [7, 11) is 0. The predicted octanol–water partition coefficient (Wildman–Crippen LogP) is 5.94. The van der Waals surface area contributed by atoms with Gasteiger partial charge in [0, 0.05) is 45.0 Å². The second-order valence-corrected chi connectivity index (χ2v) is 7.78. The molecule has 2 heterocycles. The van der Waals surface area contributed by atoms with Gasteiger partial charge in [0.1, 0.15) is 0 Å². The third-order valence-electron chi connectivity index (χ3n) is 4.14. The molecule has 0 aliphatic rings. The summed E-state index contributed by atoms with van der Waals surface area (Å²) < 4.78 is 2.04. The standard InChI is InChI=1S/C20H15Cl2N3OS/c21-14-6-4-13(5-7-14)18-11-25-17(12-27-20(25)24-18)8-9-19(26)23-16-3-1-2-15(22)10-16/h1-7,10-12H,8-9H2,(H,23,26). The average Bonchev–Trinajstić information content (AvgIpc) is 3.22. The van der Waals surface area contributed by atoms with E-state index in [1.165, 1.54) is 0 Å². The highest BCUT2D eigenvalue weighted by atomic mass is 35.5. The molecule has 0 saturated carbocycles. The van der Waals surface area contributed by atoms with Crippen molar-refractivity contribution >= 4 is 51.1 Å². The van der Waals surface area contributed by atoms with Crippen molar-refractivity contribution in [2.45, 2.75) is 12.8 Å². The quantitative estimate of drug-likeness (QED) is 0.438. The maximum absolute atomic E-state index is 12.2. The Kier molecular flexibility index (Phi) is 5.16. The number of hydrogen-bond acceptors (Lipinski definition) is 3. The molecule has 27 heavy (non-hydrogen) atoms. The summed E-state index contributed by atoms with van der Waals surface area (Å²) in [5, 5.41) is 6.21. The number of thiazole rings is 1. The molecule has 1 N–H and O–H groups in total. The molecule has 0 unspecified atom stereocenters. The Labute approximate surface area is 170 Å². The van der Waals surface area contributed by atoms with E-state index < -0.39 is 0 Å². The summed E-state index contributed by atoms with van der Waals surface area (Å²) in [6.07, 6.45) is 3.01. The molecule has 4 rings (SSSR count). The van der Waals surface area contributed by atoms with Crippen molar-refractivity contribution in [2.24, 2.45) is 0 Å². The fraction of sp³-hybridized carbons (Fsp3) is 0.100. The van der Waals surface area contributed by atoms with Gasteiger partial charge in [0.05, 0.1) is 5.69 Å². The van der Waals surface area contributed by atoms with Gasteiger partial charge in [-0.3, -0.25) is 9.20 Å². The number of aromatic nitrogens is 2. The lowest BCUT2D eigenvalue weighted by Gasteiger charge is -2.05. The number of amides is 1. The fourth-order valence-corrected chi connectivity index (χ4v) is 4.02. The lowest BCUT2D eigenvalue weighted by Crippen LogP contribution is -2.12.